The number of anilines is 2. The molecule has 2 heterocycles. The molecule has 3 aromatic carbocycles. The van der Waals surface area contributed by atoms with E-state index in [4.69, 9.17) is 37.7 Å². The van der Waals surface area contributed by atoms with Crippen LogP contribution in [0.2, 0.25) is 10.0 Å². The summed E-state index contributed by atoms with van der Waals surface area (Å²) in [7, 11) is 3.02. The van der Waals surface area contributed by atoms with Crippen LogP contribution in [0.5, 0.6) is 11.5 Å². The molecule has 0 aliphatic carbocycles. The molecule has 0 unspecified atom stereocenters. The van der Waals surface area contributed by atoms with Crippen molar-refractivity contribution >= 4 is 51.8 Å². The van der Waals surface area contributed by atoms with Crippen LogP contribution in [0.25, 0.3) is 11.0 Å². The molecule has 0 fully saturated rings. The zero-order chi connectivity index (χ0) is 24.7. The summed E-state index contributed by atoms with van der Waals surface area (Å²) in [4.78, 5) is 18.6. The number of benzene rings is 3. The van der Waals surface area contributed by atoms with Crippen molar-refractivity contribution < 1.29 is 14.3 Å². The number of hydrogen-bond acceptors (Lipinski definition) is 5. The Hall–Kier alpha value is -3.68. The summed E-state index contributed by atoms with van der Waals surface area (Å²) in [6.45, 7) is 1.85. The third-order valence-electron chi connectivity index (χ3n) is 6.00. The van der Waals surface area contributed by atoms with E-state index in [9.17, 15) is 4.79 Å². The molecule has 35 heavy (non-hydrogen) atoms. The van der Waals surface area contributed by atoms with Gasteiger partial charge in [-0.2, -0.15) is 0 Å². The molecule has 9 heteroatoms. The van der Waals surface area contributed by atoms with Gasteiger partial charge in [-0.05, 0) is 30.7 Å². The summed E-state index contributed by atoms with van der Waals surface area (Å²) in [5.74, 6) is 1.14. The number of fused-ring (bicyclic) bond motifs is 3. The number of nitrogens with one attached hydrogen (secondary N) is 2. The molecule has 1 atom stereocenters. The number of para-hydroxylation sites is 2. The monoisotopic (exact) mass is 508 g/mol. The minimum Gasteiger partial charge on any atom is -0.495 e. The van der Waals surface area contributed by atoms with Crippen molar-refractivity contribution in [2.45, 2.75) is 13.0 Å². The molecule has 5 rings (SSSR count). The maximum atomic E-state index is 13.9. The lowest BCUT2D eigenvalue weighted by atomic mass is 9.94. The van der Waals surface area contributed by atoms with E-state index >= 15 is 0 Å². The van der Waals surface area contributed by atoms with E-state index in [-0.39, 0.29) is 5.91 Å². The molecule has 1 aromatic heterocycles. The lowest BCUT2D eigenvalue weighted by molar-refractivity contribution is -0.113. The number of carbonyl (C=O) groups is 1. The van der Waals surface area contributed by atoms with Gasteiger partial charge in [0.15, 0.2) is 0 Å². The number of nitrogens with zero attached hydrogens (tertiary/aromatic N) is 2. The number of halogens is 2. The molecular formula is C26H22Cl2N4O3. The number of aromatic nitrogens is 2. The minimum absolute atomic E-state index is 0.328. The fourth-order valence-corrected chi connectivity index (χ4v) is 4.87. The quantitative estimate of drug-likeness (QED) is 0.331. The number of allylic oxidation sites excluding steroid dienone is 1. The highest BCUT2D eigenvalue weighted by Gasteiger charge is 2.35. The average Bonchev–Trinajstić information content (AvgIpc) is 3.22. The highest BCUT2D eigenvalue weighted by molar-refractivity contribution is 6.32. The number of carbonyl (C=O) groups excluding carboxylic acids is 1. The van der Waals surface area contributed by atoms with Crippen LogP contribution in [0.15, 0.2) is 71.9 Å². The molecule has 0 spiro atoms. The highest BCUT2D eigenvalue weighted by Crippen LogP contribution is 2.42. The fourth-order valence-electron chi connectivity index (χ4n) is 4.40. The van der Waals surface area contributed by atoms with Crippen LogP contribution in [0.1, 0.15) is 18.5 Å². The van der Waals surface area contributed by atoms with Gasteiger partial charge >= 0.3 is 0 Å². The van der Waals surface area contributed by atoms with Gasteiger partial charge < -0.3 is 20.1 Å². The maximum Gasteiger partial charge on any atom is 0.255 e. The standard InChI is InChI=1S/C26H22Cl2N4O3/c1-14-23(25(33)30-19-13-21(34-2)17(28)12-22(19)35-3)24(15-8-4-5-9-16(15)27)32-20-11-7-6-10-18(20)31-26(32)29-14/h4-13,24H,1-3H3,(H,29,31)(H,30,33)/t24-/m1/s1. The van der Waals surface area contributed by atoms with E-state index in [1.54, 1.807) is 12.1 Å². The van der Waals surface area contributed by atoms with Crippen molar-refractivity contribution in [2.75, 3.05) is 24.9 Å². The predicted molar refractivity (Wildman–Crippen MR) is 139 cm³/mol. The molecule has 1 aliphatic rings. The molecule has 0 bridgehead atoms. The molecule has 4 aromatic rings. The van der Waals surface area contributed by atoms with Gasteiger partial charge in [-0.25, -0.2) is 4.98 Å². The third kappa shape index (κ3) is 3.96. The topological polar surface area (TPSA) is 77.4 Å². The Kier molecular flexibility index (Phi) is 6.05. The van der Waals surface area contributed by atoms with Gasteiger partial charge in [-0.1, -0.05) is 53.5 Å². The highest BCUT2D eigenvalue weighted by atomic mass is 35.5. The minimum atomic E-state index is -0.521. The second-order valence-corrected chi connectivity index (χ2v) is 8.84. The van der Waals surface area contributed by atoms with Gasteiger partial charge in [-0.3, -0.25) is 9.36 Å². The van der Waals surface area contributed by atoms with Crippen LogP contribution in [0.3, 0.4) is 0 Å². The Morgan fingerprint density at radius 2 is 1.71 bits per heavy atom. The Morgan fingerprint density at radius 1 is 1.00 bits per heavy atom. The van der Waals surface area contributed by atoms with Crippen LogP contribution in [0, 0.1) is 0 Å². The summed E-state index contributed by atoms with van der Waals surface area (Å²) in [6, 6.07) is 18.0. The van der Waals surface area contributed by atoms with E-state index < -0.39 is 6.04 Å². The van der Waals surface area contributed by atoms with E-state index in [1.165, 1.54) is 14.2 Å². The third-order valence-corrected chi connectivity index (χ3v) is 6.64. The van der Waals surface area contributed by atoms with Crippen LogP contribution in [-0.4, -0.2) is 29.7 Å². The lowest BCUT2D eigenvalue weighted by Gasteiger charge is -2.31. The van der Waals surface area contributed by atoms with Crippen molar-refractivity contribution in [2.24, 2.45) is 0 Å². The van der Waals surface area contributed by atoms with Crippen molar-refractivity contribution in [1.29, 1.82) is 0 Å². The zero-order valence-corrected chi connectivity index (χ0v) is 20.7. The first-order chi connectivity index (χ1) is 16.9. The van der Waals surface area contributed by atoms with Crippen LogP contribution in [0.4, 0.5) is 11.6 Å². The van der Waals surface area contributed by atoms with E-state index in [2.05, 4.69) is 10.6 Å². The van der Waals surface area contributed by atoms with Crippen molar-refractivity contribution in [3.05, 3.63) is 87.5 Å². The molecule has 0 saturated heterocycles. The maximum absolute atomic E-state index is 13.9. The lowest BCUT2D eigenvalue weighted by Crippen LogP contribution is -2.31. The number of hydrogen-bond donors (Lipinski definition) is 2. The van der Waals surface area contributed by atoms with Gasteiger partial charge in [0.25, 0.3) is 5.91 Å². The zero-order valence-electron chi connectivity index (χ0n) is 19.2. The Morgan fingerprint density at radius 3 is 2.46 bits per heavy atom. The van der Waals surface area contributed by atoms with Crippen molar-refractivity contribution in [3.63, 3.8) is 0 Å². The summed E-state index contributed by atoms with van der Waals surface area (Å²) in [5, 5.41) is 7.20. The number of rotatable bonds is 5. The number of methoxy groups -OCH3 is 2. The SMILES string of the molecule is COc1cc(NC(=O)C2=C(C)Nc3nc4ccccc4n3[C@@H]2c2ccccc2Cl)c(OC)cc1Cl. The van der Waals surface area contributed by atoms with E-state index in [0.29, 0.717) is 44.5 Å². The molecule has 178 valence electrons. The predicted octanol–water partition coefficient (Wildman–Crippen LogP) is 6.29. The Balaban J connectivity index is 1.66. The summed E-state index contributed by atoms with van der Waals surface area (Å²) < 4.78 is 12.8. The Bertz CT molecular complexity index is 1500. The van der Waals surface area contributed by atoms with Crippen LogP contribution >= 0.6 is 23.2 Å². The first kappa shape index (κ1) is 23.1. The summed E-state index contributed by atoms with van der Waals surface area (Å²) in [6.07, 6.45) is 0. The first-order valence-corrected chi connectivity index (χ1v) is 11.6. The largest absolute Gasteiger partial charge is 0.495 e. The normalized spacial score (nSPS) is 14.9. The molecule has 1 aliphatic heterocycles. The van der Waals surface area contributed by atoms with E-state index in [1.807, 2.05) is 60.0 Å². The van der Waals surface area contributed by atoms with Gasteiger partial charge in [0.05, 0.1) is 47.6 Å². The van der Waals surface area contributed by atoms with Crippen LogP contribution < -0.4 is 20.1 Å². The summed E-state index contributed by atoms with van der Waals surface area (Å²) in [5.41, 5.74) is 4.05. The fraction of sp³-hybridized carbons (Fsp3) is 0.154. The van der Waals surface area contributed by atoms with Gasteiger partial charge in [0.1, 0.15) is 11.5 Å². The van der Waals surface area contributed by atoms with Crippen molar-refractivity contribution in [1.82, 2.24) is 9.55 Å². The molecule has 0 radical (unpaired) electrons. The molecule has 0 saturated carbocycles. The molecule has 7 nitrogen and oxygen atoms in total. The molecule has 2 N–H and O–H groups in total. The summed E-state index contributed by atoms with van der Waals surface area (Å²) >= 11 is 12.9. The van der Waals surface area contributed by atoms with Gasteiger partial charge in [0, 0.05) is 22.9 Å². The smallest absolute Gasteiger partial charge is 0.255 e. The number of ether oxygens (including phenoxy) is 2. The number of amides is 1. The molecular weight excluding hydrogens is 487 g/mol. The van der Waals surface area contributed by atoms with E-state index in [0.717, 1.165) is 16.6 Å². The van der Waals surface area contributed by atoms with Crippen molar-refractivity contribution in [3.8, 4) is 11.5 Å². The van der Waals surface area contributed by atoms with Crippen LogP contribution in [-0.2, 0) is 4.79 Å². The van der Waals surface area contributed by atoms with Gasteiger partial charge in [0.2, 0.25) is 5.95 Å². The Labute approximate surface area is 212 Å². The second-order valence-electron chi connectivity index (χ2n) is 8.02. The first-order valence-electron chi connectivity index (χ1n) is 10.8. The number of imidazole rings is 1. The molecule has 1 amide bonds. The van der Waals surface area contributed by atoms with Gasteiger partial charge in [-0.15, -0.1) is 0 Å². The average molecular weight is 509 g/mol. The second kappa shape index (κ2) is 9.17.